The van der Waals surface area contributed by atoms with Crippen molar-refractivity contribution in [3.8, 4) is 5.75 Å². The Bertz CT molecular complexity index is 718. The Morgan fingerprint density at radius 2 is 1.92 bits per heavy atom. The highest BCUT2D eigenvalue weighted by atomic mass is 19.4. The van der Waals surface area contributed by atoms with Gasteiger partial charge < -0.3 is 4.74 Å². The summed E-state index contributed by atoms with van der Waals surface area (Å²) in [5, 5.41) is 0. The van der Waals surface area contributed by atoms with Gasteiger partial charge in [0.2, 0.25) is 0 Å². The van der Waals surface area contributed by atoms with Gasteiger partial charge in [0.25, 0.3) is 5.91 Å². The molecule has 0 aliphatic carbocycles. The van der Waals surface area contributed by atoms with E-state index in [0.717, 1.165) is 29.8 Å². The molecule has 5 nitrogen and oxygen atoms in total. The number of halogens is 3. The number of aromatic nitrogens is 1. The first kappa shape index (κ1) is 18.7. The van der Waals surface area contributed by atoms with E-state index in [1.165, 1.54) is 0 Å². The molecule has 2 rings (SSSR count). The van der Waals surface area contributed by atoms with Crippen LogP contribution in [0.5, 0.6) is 5.75 Å². The van der Waals surface area contributed by atoms with E-state index in [0.29, 0.717) is 6.42 Å². The minimum atomic E-state index is -4.62. The second-order valence-corrected chi connectivity index (χ2v) is 5.47. The van der Waals surface area contributed by atoms with Crippen LogP contribution in [-0.2, 0) is 12.6 Å². The molecule has 0 aliphatic heterocycles. The minimum Gasteiger partial charge on any atom is -0.497 e. The van der Waals surface area contributed by atoms with Crippen LogP contribution in [0.4, 0.5) is 13.2 Å². The summed E-state index contributed by atoms with van der Waals surface area (Å²) in [4.78, 5) is 15.6. The van der Waals surface area contributed by atoms with E-state index in [9.17, 15) is 18.0 Å². The van der Waals surface area contributed by atoms with Crippen LogP contribution in [0.25, 0.3) is 0 Å². The number of amides is 1. The van der Waals surface area contributed by atoms with E-state index in [-0.39, 0.29) is 6.04 Å². The van der Waals surface area contributed by atoms with Crippen molar-refractivity contribution in [2.45, 2.75) is 25.6 Å². The number of rotatable bonds is 6. The second kappa shape index (κ2) is 7.98. The fourth-order valence-electron chi connectivity index (χ4n) is 2.24. The molecule has 0 radical (unpaired) electrons. The Morgan fingerprint density at radius 1 is 1.24 bits per heavy atom. The van der Waals surface area contributed by atoms with Gasteiger partial charge in [-0.05, 0) is 37.1 Å². The number of hydrazine groups is 1. The molecule has 0 aliphatic rings. The SMILES string of the molecule is COc1ccc(CC(C)NNC(=O)c2cnccc2C(F)(F)F)cc1. The highest BCUT2D eigenvalue weighted by Crippen LogP contribution is 2.31. The van der Waals surface area contributed by atoms with Gasteiger partial charge in [0.1, 0.15) is 5.75 Å². The third kappa shape index (κ3) is 5.18. The number of benzene rings is 1. The second-order valence-electron chi connectivity index (χ2n) is 5.47. The smallest absolute Gasteiger partial charge is 0.417 e. The molecule has 0 saturated carbocycles. The van der Waals surface area contributed by atoms with E-state index in [1.54, 1.807) is 14.0 Å². The van der Waals surface area contributed by atoms with Gasteiger partial charge in [-0.15, -0.1) is 0 Å². The van der Waals surface area contributed by atoms with E-state index < -0.39 is 23.2 Å². The summed E-state index contributed by atoms with van der Waals surface area (Å²) in [5.74, 6) is -0.157. The lowest BCUT2D eigenvalue weighted by Crippen LogP contribution is -2.44. The normalized spacial score (nSPS) is 12.5. The molecule has 0 bridgehead atoms. The zero-order chi connectivity index (χ0) is 18.4. The first-order valence-electron chi connectivity index (χ1n) is 7.51. The molecular formula is C17H18F3N3O2. The average molecular weight is 353 g/mol. The third-order valence-corrected chi connectivity index (χ3v) is 3.50. The number of carbonyl (C=O) groups is 1. The molecule has 1 heterocycles. The van der Waals surface area contributed by atoms with Crippen molar-refractivity contribution in [1.29, 1.82) is 0 Å². The molecular weight excluding hydrogens is 335 g/mol. The average Bonchev–Trinajstić information content (AvgIpc) is 2.59. The van der Waals surface area contributed by atoms with Crippen molar-refractivity contribution in [1.82, 2.24) is 15.8 Å². The molecule has 0 fully saturated rings. The standard InChI is InChI=1S/C17H18F3N3O2/c1-11(9-12-3-5-13(25-2)6-4-12)22-23-16(24)14-10-21-8-7-15(14)17(18,19)20/h3-8,10-11,22H,9H2,1-2H3,(H,23,24). The van der Waals surface area contributed by atoms with Gasteiger partial charge in [-0.3, -0.25) is 15.2 Å². The molecule has 25 heavy (non-hydrogen) atoms. The molecule has 0 saturated heterocycles. The van der Waals surface area contributed by atoms with E-state index in [2.05, 4.69) is 15.8 Å². The first-order valence-corrected chi connectivity index (χ1v) is 7.51. The first-order chi connectivity index (χ1) is 11.8. The molecule has 0 spiro atoms. The molecule has 2 N–H and O–H groups in total. The monoisotopic (exact) mass is 353 g/mol. The number of ether oxygens (including phenoxy) is 1. The van der Waals surface area contributed by atoms with Crippen LogP contribution in [0.2, 0.25) is 0 Å². The van der Waals surface area contributed by atoms with Crippen molar-refractivity contribution in [3.05, 3.63) is 59.4 Å². The molecule has 8 heteroatoms. The number of nitrogens with one attached hydrogen (secondary N) is 2. The van der Waals surface area contributed by atoms with Crippen LogP contribution in [0.3, 0.4) is 0 Å². The summed E-state index contributed by atoms with van der Waals surface area (Å²) in [6, 6.07) is 7.96. The predicted octanol–water partition coefficient (Wildman–Crippen LogP) is 2.97. The van der Waals surface area contributed by atoms with Gasteiger partial charge in [0, 0.05) is 18.4 Å². The van der Waals surface area contributed by atoms with Gasteiger partial charge >= 0.3 is 6.18 Å². The molecule has 1 amide bonds. The maximum absolute atomic E-state index is 12.9. The van der Waals surface area contributed by atoms with Crippen molar-refractivity contribution in [2.24, 2.45) is 0 Å². The van der Waals surface area contributed by atoms with Gasteiger partial charge in [0.05, 0.1) is 18.2 Å². The number of hydrogen-bond acceptors (Lipinski definition) is 4. The third-order valence-electron chi connectivity index (χ3n) is 3.50. The zero-order valence-corrected chi connectivity index (χ0v) is 13.7. The number of nitrogens with zero attached hydrogens (tertiary/aromatic N) is 1. The summed E-state index contributed by atoms with van der Waals surface area (Å²) >= 11 is 0. The quantitative estimate of drug-likeness (QED) is 0.784. The predicted molar refractivity (Wildman–Crippen MR) is 86.0 cm³/mol. The summed E-state index contributed by atoms with van der Waals surface area (Å²) in [6.45, 7) is 1.80. The van der Waals surface area contributed by atoms with Crippen molar-refractivity contribution in [2.75, 3.05) is 7.11 Å². The van der Waals surface area contributed by atoms with E-state index >= 15 is 0 Å². The molecule has 1 unspecified atom stereocenters. The summed E-state index contributed by atoms with van der Waals surface area (Å²) < 4.78 is 43.8. The lowest BCUT2D eigenvalue weighted by Gasteiger charge is -2.16. The Hall–Kier alpha value is -2.61. The maximum atomic E-state index is 12.9. The summed E-state index contributed by atoms with van der Waals surface area (Å²) in [5.41, 5.74) is 4.45. The molecule has 134 valence electrons. The van der Waals surface area contributed by atoms with Gasteiger partial charge in [0.15, 0.2) is 0 Å². The number of alkyl halides is 3. The Labute approximate surface area is 143 Å². The van der Waals surface area contributed by atoms with Gasteiger partial charge in [-0.2, -0.15) is 13.2 Å². The lowest BCUT2D eigenvalue weighted by molar-refractivity contribution is -0.138. The fourth-order valence-corrected chi connectivity index (χ4v) is 2.24. The Kier molecular flexibility index (Phi) is 5.97. The summed E-state index contributed by atoms with van der Waals surface area (Å²) in [6.07, 6.45) is -2.15. The van der Waals surface area contributed by atoms with Crippen LogP contribution < -0.4 is 15.6 Å². The van der Waals surface area contributed by atoms with Gasteiger partial charge in [-0.25, -0.2) is 5.43 Å². The lowest BCUT2D eigenvalue weighted by atomic mass is 10.1. The number of methoxy groups -OCH3 is 1. The van der Waals surface area contributed by atoms with Gasteiger partial charge in [-0.1, -0.05) is 12.1 Å². The molecule has 1 aromatic heterocycles. The fraction of sp³-hybridized carbons (Fsp3) is 0.294. The summed E-state index contributed by atoms with van der Waals surface area (Å²) in [7, 11) is 1.57. The van der Waals surface area contributed by atoms with Crippen LogP contribution in [-0.4, -0.2) is 24.0 Å². The molecule has 1 atom stereocenters. The van der Waals surface area contributed by atoms with Crippen LogP contribution in [0, 0.1) is 0 Å². The maximum Gasteiger partial charge on any atom is 0.417 e. The number of carbonyl (C=O) groups excluding carboxylic acids is 1. The minimum absolute atomic E-state index is 0.191. The number of pyridine rings is 1. The van der Waals surface area contributed by atoms with Crippen LogP contribution >= 0.6 is 0 Å². The van der Waals surface area contributed by atoms with Crippen LogP contribution in [0.1, 0.15) is 28.4 Å². The van der Waals surface area contributed by atoms with Crippen molar-refractivity contribution < 1.29 is 22.7 Å². The highest BCUT2D eigenvalue weighted by molar-refractivity contribution is 5.95. The highest BCUT2D eigenvalue weighted by Gasteiger charge is 2.35. The van der Waals surface area contributed by atoms with E-state index in [4.69, 9.17) is 4.74 Å². The molecule has 2 aromatic rings. The molecule has 1 aromatic carbocycles. The number of hydrogen-bond donors (Lipinski definition) is 2. The van der Waals surface area contributed by atoms with Crippen LogP contribution in [0.15, 0.2) is 42.7 Å². The van der Waals surface area contributed by atoms with Crippen molar-refractivity contribution in [3.63, 3.8) is 0 Å². The Morgan fingerprint density at radius 3 is 2.52 bits per heavy atom. The zero-order valence-electron chi connectivity index (χ0n) is 13.7. The van der Waals surface area contributed by atoms with Crippen molar-refractivity contribution >= 4 is 5.91 Å². The Balaban J connectivity index is 1.95. The topological polar surface area (TPSA) is 63.2 Å². The largest absolute Gasteiger partial charge is 0.497 e. The van der Waals surface area contributed by atoms with E-state index in [1.807, 2.05) is 24.3 Å².